The molecule has 0 spiro atoms. The van der Waals surface area contributed by atoms with Crippen molar-refractivity contribution in [1.82, 2.24) is 5.32 Å². The molecule has 5 nitrogen and oxygen atoms in total. The van der Waals surface area contributed by atoms with Crippen molar-refractivity contribution in [1.29, 1.82) is 5.26 Å². The zero-order valence-corrected chi connectivity index (χ0v) is 17.1. The first kappa shape index (κ1) is 21.2. The number of carbonyl (C=O) groups excluding carboxylic acids is 2. The SMILES string of the molecule is N#Cc1cccc(NC(=O)CSc2ccccc2C(=O)NCCc2ccccc2)c1. The highest BCUT2D eigenvalue weighted by Crippen LogP contribution is 2.23. The Balaban J connectivity index is 1.54. The average Bonchev–Trinajstić information content (AvgIpc) is 2.78. The Morgan fingerprint density at radius 1 is 0.933 bits per heavy atom. The summed E-state index contributed by atoms with van der Waals surface area (Å²) in [6, 6.07) is 26.0. The molecule has 2 N–H and O–H groups in total. The highest BCUT2D eigenvalue weighted by atomic mass is 32.2. The standard InChI is InChI=1S/C24H21N3O2S/c25-16-19-9-6-10-20(15-19)27-23(28)17-30-22-12-5-4-11-21(22)24(29)26-14-13-18-7-2-1-3-8-18/h1-12,15H,13-14,17H2,(H,26,29)(H,27,28). The van der Waals surface area contributed by atoms with Crippen molar-refractivity contribution in [2.24, 2.45) is 0 Å². The number of nitrogens with zero attached hydrogens (tertiary/aromatic N) is 1. The third-order valence-electron chi connectivity index (χ3n) is 4.31. The van der Waals surface area contributed by atoms with Crippen LogP contribution in [0.2, 0.25) is 0 Å². The minimum atomic E-state index is -0.200. The molecule has 3 aromatic rings. The molecule has 0 atom stereocenters. The first-order valence-corrected chi connectivity index (χ1v) is 10.5. The molecule has 2 amide bonds. The molecule has 3 rings (SSSR count). The Morgan fingerprint density at radius 2 is 1.70 bits per heavy atom. The summed E-state index contributed by atoms with van der Waals surface area (Å²) in [6.07, 6.45) is 0.756. The largest absolute Gasteiger partial charge is 0.352 e. The van der Waals surface area contributed by atoms with Crippen LogP contribution in [0.4, 0.5) is 5.69 Å². The second-order valence-electron chi connectivity index (χ2n) is 6.52. The minimum absolute atomic E-state index is 0.156. The van der Waals surface area contributed by atoms with Crippen molar-refractivity contribution < 1.29 is 9.59 Å². The smallest absolute Gasteiger partial charge is 0.252 e. The number of thioether (sulfide) groups is 1. The molecule has 0 aliphatic rings. The van der Waals surface area contributed by atoms with Crippen LogP contribution in [0.1, 0.15) is 21.5 Å². The van der Waals surface area contributed by atoms with E-state index in [4.69, 9.17) is 5.26 Å². The van der Waals surface area contributed by atoms with Gasteiger partial charge in [-0.3, -0.25) is 9.59 Å². The number of hydrogen-bond donors (Lipinski definition) is 2. The topological polar surface area (TPSA) is 82.0 Å². The van der Waals surface area contributed by atoms with E-state index in [9.17, 15) is 9.59 Å². The fourth-order valence-electron chi connectivity index (χ4n) is 2.85. The second kappa shape index (κ2) is 10.8. The summed E-state index contributed by atoms with van der Waals surface area (Å²) in [5, 5.41) is 14.7. The molecule has 150 valence electrons. The molecule has 30 heavy (non-hydrogen) atoms. The monoisotopic (exact) mass is 415 g/mol. The number of nitrogens with one attached hydrogen (secondary N) is 2. The molecule has 0 fully saturated rings. The highest BCUT2D eigenvalue weighted by Gasteiger charge is 2.13. The van der Waals surface area contributed by atoms with Gasteiger partial charge in [0, 0.05) is 17.1 Å². The fourth-order valence-corrected chi connectivity index (χ4v) is 3.70. The fraction of sp³-hybridized carbons (Fsp3) is 0.125. The minimum Gasteiger partial charge on any atom is -0.352 e. The van der Waals surface area contributed by atoms with Gasteiger partial charge in [0.2, 0.25) is 5.91 Å². The third-order valence-corrected chi connectivity index (χ3v) is 5.38. The first-order chi connectivity index (χ1) is 14.7. The maximum atomic E-state index is 12.6. The number of nitriles is 1. The predicted octanol–water partition coefficient (Wildman–Crippen LogP) is 4.26. The lowest BCUT2D eigenvalue weighted by Gasteiger charge is -2.10. The summed E-state index contributed by atoms with van der Waals surface area (Å²) in [4.78, 5) is 25.6. The molecule has 0 bridgehead atoms. The zero-order valence-electron chi connectivity index (χ0n) is 16.3. The van der Waals surface area contributed by atoms with E-state index in [1.54, 1.807) is 30.3 Å². The van der Waals surface area contributed by atoms with Crippen LogP contribution < -0.4 is 10.6 Å². The van der Waals surface area contributed by atoms with Crippen molar-refractivity contribution in [2.45, 2.75) is 11.3 Å². The molecule has 0 radical (unpaired) electrons. The average molecular weight is 416 g/mol. The van der Waals surface area contributed by atoms with E-state index in [0.717, 1.165) is 16.9 Å². The summed E-state index contributed by atoms with van der Waals surface area (Å²) < 4.78 is 0. The van der Waals surface area contributed by atoms with Crippen LogP contribution in [0.3, 0.4) is 0 Å². The van der Waals surface area contributed by atoms with Crippen LogP contribution in [-0.2, 0) is 11.2 Å². The van der Waals surface area contributed by atoms with Crippen LogP contribution in [0.25, 0.3) is 0 Å². The van der Waals surface area contributed by atoms with Crippen LogP contribution >= 0.6 is 11.8 Å². The Bertz CT molecular complexity index is 1060. The van der Waals surface area contributed by atoms with E-state index >= 15 is 0 Å². The van der Waals surface area contributed by atoms with Gasteiger partial charge in [0.1, 0.15) is 0 Å². The maximum absolute atomic E-state index is 12.6. The number of benzene rings is 3. The predicted molar refractivity (Wildman–Crippen MR) is 119 cm³/mol. The summed E-state index contributed by atoms with van der Waals surface area (Å²) in [7, 11) is 0. The van der Waals surface area contributed by atoms with Gasteiger partial charge in [0.25, 0.3) is 5.91 Å². The van der Waals surface area contributed by atoms with Gasteiger partial charge < -0.3 is 10.6 Å². The summed E-state index contributed by atoms with van der Waals surface area (Å²) in [5.41, 5.74) is 2.78. The van der Waals surface area contributed by atoms with Crippen LogP contribution in [-0.4, -0.2) is 24.1 Å². The van der Waals surface area contributed by atoms with Gasteiger partial charge in [-0.25, -0.2) is 0 Å². The molecular formula is C24H21N3O2S. The molecule has 0 aliphatic heterocycles. The number of carbonyl (C=O) groups is 2. The van der Waals surface area contributed by atoms with E-state index in [0.29, 0.717) is 23.4 Å². The zero-order chi connectivity index (χ0) is 21.2. The first-order valence-electron chi connectivity index (χ1n) is 9.49. The number of anilines is 1. The second-order valence-corrected chi connectivity index (χ2v) is 7.53. The van der Waals surface area contributed by atoms with Crippen LogP contribution in [0.5, 0.6) is 0 Å². The number of hydrogen-bond acceptors (Lipinski definition) is 4. The van der Waals surface area contributed by atoms with Crippen molar-refractivity contribution in [2.75, 3.05) is 17.6 Å². The van der Waals surface area contributed by atoms with Crippen LogP contribution in [0.15, 0.2) is 83.8 Å². The van der Waals surface area contributed by atoms with E-state index in [-0.39, 0.29) is 17.6 Å². The Morgan fingerprint density at radius 3 is 2.50 bits per heavy atom. The van der Waals surface area contributed by atoms with Crippen LogP contribution in [0, 0.1) is 11.3 Å². The normalized spacial score (nSPS) is 10.1. The molecule has 0 aliphatic carbocycles. The van der Waals surface area contributed by atoms with Crippen molar-refractivity contribution in [3.63, 3.8) is 0 Å². The lowest BCUT2D eigenvalue weighted by molar-refractivity contribution is -0.113. The molecule has 0 heterocycles. The Hall–Kier alpha value is -3.56. The van der Waals surface area contributed by atoms with Crippen molar-refractivity contribution in [3.8, 4) is 6.07 Å². The molecule has 6 heteroatoms. The van der Waals surface area contributed by atoms with Gasteiger partial charge in [-0.1, -0.05) is 48.5 Å². The molecule has 0 aromatic heterocycles. The van der Waals surface area contributed by atoms with Gasteiger partial charge in [-0.15, -0.1) is 11.8 Å². The number of amides is 2. The van der Waals surface area contributed by atoms with Gasteiger partial charge in [-0.05, 0) is 42.3 Å². The maximum Gasteiger partial charge on any atom is 0.252 e. The summed E-state index contributed by atoms with van der Waals surface area (Å²) in [6.45, 7) is 0.539. The quantitative estimate of drug-likeness (QED) is 0.539. The van der Waals surface area contributed by atoms with Gasteiger partial charge in [-0.2, -0.15) is 5.26 Å². The van der Waals surface area contributed by atoms with Gasteiger partial charge in [0.05, 0.1) is 22.9 Å². The van der Waals surface area contributed by atoms with E-state index in [2.05, 4.69) is 10.6 Å². The van der Waals surface area contributed by atoms with E-state index in [1.165, 1.54) is 11.8 Å². The van der Waals surface area contributed by atoms with Crippen molar-refractivity contribution in [3.05, 3.63) is 95.6 Å². The Kier molecular flexibility index (Phi) is 7.64. The number of rotatable bonds is 8. The molecule has 0 unspecified atom stereocenters. The third kappa shape index (κ3) is 6.23. The van der Waals surface area contributed by atoms with Gasteiger partial charge >= 0.3 is 0 Å². The molecule has 0 saturated carbocycles. The van der Waals surface area contributed by atoms with E-state index in [1.807, 2.05) is 54.6 Å². The summed E-state index contributed by atoms with van der Waals surface area (Å²) in [5.74, 6) is -0.198. The lowest BCUT2D eigenvalue weighted by atomic mass is 10.1. The molecule has 0 saturated heterocycles. The van der Waals surface area contributed by atoms with Gasteiger partial charge in [0.15, 0.2) is 0 Å². The molecule has 3 aromatic carbocycles. The Labute approximate surface area is 180 Å². The molecular weight excluding hydrogens is 394 g/mol. The summed E-state index contributed by atoms with van der Waals surface area (Å²) >= 11 is 1.30. The highest BCUT2D eigenvalue weighted by molar-refractivity contribution is 8.00. The van der Waals surface area contributed by atoms with E-state index < -0.39 is 0 Å². The lowest BCUT2D eigenvalue weighted by Crippen LogP contribution is -2.26. The van der Waals surface area contributed by atoms with Crippen molar-refractivity contribution >= 4 is 29.3 Å².